The fraction of sp³-hybridized carbons (Fsp3) is 1.00. The van der Waals surface area contributed by atoms with Gasteiger partial charge in [-0.05, 0) is 26.2 Å². The van der Waals surface area contributed by atoms with E-state index in [4.69, 9.17) is 9.47 Å². The third kappa shape index (κ3) is 3.25. The number of rotatable bonds is 7. The van der Waals surface area contributed by atoms with E-state index in [-0.39, 0.29) is 11.7 Å². The summed E-state index contributed by atoms with van der Waals surface area (Å²) in [5.41, 5.74) is 0.117. The maximum atomic E-state index is 5.68. The second kappa shape index (κ2) is 6.41. The molecule has 0 radical (unpaired) electrons. The van der Waals surface area contributed by atoms with E-state index in [0.29, 0.717) is 19.1 Å². The van der Waals surface area contributed by atoms with Crippen LogP contribution in [-0.4, -0.2) is 19.5 Å². The van der Waals surface area contributed by atoms with Crippen LogP contribution in [0.3, 0.4) is 0 Å². The van der Waals surface area contributed by atoms with Crippen molar-refractivity contribution >= 4 is 0 Å². The van der Waals surface area contributed by atoms with E-state index in [2.05, 4.69) is 27.7 Å². The van der Waals surface area contributed by atoms with Crippen LogP contribution in [0.15, 0.2) is 0 Å². The lowest BCUT2D eigenvalue weighted by Crippen LogP contribution is -2.40. The second-order valence-corrected chi connectivity index (χ2v) is 4.26. The predicted octanol–water partition coefficient (Wildman–Crippen LogP) is 3.46. The Morgan fingerprint density at radius 2 is 1.43 bits per heavy atom. The Labute approximate surface area is 89.0 Å². The molecule has 0 amide bonds. The summed E-state index contributed by atoms with van der Waals surface area (Å²) in [7, 11) is 0. The first-order valence-corrected chi connectivity index (χ1v) is 5.76. The van der Waals surface area contributed by atoms with Crippen LogP contribution in [0, 0.1) is 11.3 Å². The molecule has 0 bridgehead atoms. The molecule has 0 aliphatic carbocycles. The van der Waals surface area contributed by atoms with Crippen molar-refractivity contribution in [3.8, 4) is 0 Å². The Balaban J connectivity index is 4.55. The van der Waals surface area contributed by atoms with Gasteiger partial charge in [0.1, 0.15) is 0 Å². The molecular formula is C12H26O2. The lowest BCUT2D eigenvalue weighted by Gasteiger charge is -2.39. The van der Waals surface area contributed by atoms with Crippen molar-refractivity contribution in [3.05, 3.63) is 0 Å². The highest BCUT2D eigenvalue weighted by atomic mass is 16.7. The zero-order valence-corrected chi connectivity index (χ0v) is 10.6. The van der Waals surface area contributed by atoms with Gasteiger partial charge in [0.05, 0.1) is 0 Å². The van der Waals surface area contributed by atoms with E-state index in [1.54, 1.807) is 0 Å². The first-order valence-electron chi connectivity index (χ1n) is 5.76. The van der Waals surface area contributed by atoms with E-state index in [1.165, 1.54) is 0 Å². The quantitative estimate of drug-likeness (QED) is 0.589. The van der Waals surface area contributed by atoms with Crippen molar-refractivity contribution in [2.24, 2.45) is 11.3 Å². The summed E-state index contributed by atoms with van der Waals surface area (Å²) in [5.74, 6) is 0.565. The Morgan fingerprint density at radius 1 is 1.00 bits per heavy atom. The first kappa shape index (κ1) is 13.9. The van der Waals surface area contributed by atoms with Crippen LogP contribution in [0.2, 0.25) is 0 Å². The molecule has 0 aliphatic heterocycles. The van der Waals surface area contributed by atoms with Crippen LogP contribution in [0.5, 0.6) is 0 Å². The number of hydrogen-bond acceptors (Lipinski definition) is 2. The molecule has 0 saturated heterocycles. The molecule has 0 aromatic rings. The first-order chi connectivity index (χ1) is 6.52. The summed E-state index contributed by atoms with van der Waals surface area (Å²) in [4.78, 5) is 0. The van der Waals surface area contributed by atoms with Gasteiger partial charge in [0.25, 0.3) is 0 Å². The maximum Gasteiger partial charge on any atom is 0.163 e. The number of ether oxygens (including phenoxy) is 2. The van der Waals surface area contributed by atoms with Crippen LogP contribution < -0.4 is 0 Å². The van der Waals surface area contributed by atoms with E-state index < -0.39 is 0 Å². The van der Waals surface area contributed by atoms with Gasteiger partial charge in [-0.2, -0.15) is 0 Å². The summed E-state index contributed by atoms with van der Waals surface area (Å²) in [6.45, 7) is 14.4. The van der Waals surface area contributed by atoms with Crippen molar-refractivity contribution in [3.63, 3.8) is 0 Å². The smallest absolute Gasteiger partial charge is 0.163 e. The van der Waals surface area contributed by atoms with Gasteiger partial charge < -0.3 is 9.47 Å². The molecule has 0 heterocycles. The fourth-order valence-corrected chi connectivity index (χ4v) is 1.58. The average Bonchev–Trinajstić information content (AvgIpc) is 2.16. The summed E-state index contributed by atoms with van der Waals surface area (Å²) >= 11 is 0. The van der Waals surface area contributed by atoms with E-state index >= 15 is 0 Å². The van der Waals surface area contributed by atoms with Gasteiger partial charge in [-0.15, -0.1) is 0 Å². The maximum absolute atomic E-state index is 5.68. The van der Waals surface area contributed by atoms with Gasteiger partial charge in [0.2, 0.25) is 0 Å². The van der Waals surface area contributed by atoms with Crippen molar-refractivity contribution in [2.45, 2.75) is 54.3 Å². The Bertz CT molecular complexity index is 139. The van der Waals surface area contributed by atoms with E-state index in [1.807, 2.05) is 13.8 Å². The highest BCUT2D eigenvalue weighted by molar-refractivity contribution is 4.80. The lowest BCUT2D eigenvalue weighted by molar-refractivity contribution is -0.212. The summed E-state index contributed by atoms with van der Waals surface area (Å²) < 4.78 is 11.4. The van der Waals surface area contributed by atoms with Gasteiger partial charge in [-0.1, -0.05) is 27.7 Å². The molecule has 1 atom stereocenters. The van der Waals surface area contributed by atoms with Crippen LogP contribution in [-0.2, 0) is 9.47 Å². The Morgan fingerprint density at radius 3 is 1.64 bits per heavy atom. The topological polar surface area (TPSA) is 18.5 Å². The minimum absolute atomic E-state index is 0.0671. The molecule has 86 valence electrons. The molecule has 0 spiro atoms. The lowest BCUT2D eigenvalue weighted by atomic mass is 9.76. The minimum Gasteiger partial charge on any atom is -0.352 e. The van der Waals surface area contributed by atoms with E-state index in [9.17, 15) is 0 Å². The highest BCUT2D eigenvalue weighted by Crippen LogP contribution is 2.36. The largest absolute Gasteiger partial charge is 0.352 e. The molecule has 0 saturated carbocycles. The molecule has 0 rings (SSSR count). The van der Waals surface area contributed by atoms with Gasteiger partial charge in [-0.3, -0.25) is 0 Å². The monoisotopic (exact) mass is 202 g/mol. The van der Waals surface area contributed by atoms with Crippen molar-refractivity contribution < 1.29 is 9.47 Å². The predicted molar refractivity (Wildman–Crippen MR) is 60.3 cm³/mol. The summed E-state index contributed by atoms with van der Waals surface area (Å²) in [6, 6.07) is 0. The molecule has 1 unspecified atom stereocenters. The Hall–Kier alpha value is -0.0800. The zero-order chi connectivity index (χ0) is 11.2. The molecule has 14 heavy (non-hydrogen) atoms. The third-order valence-electron chi connectivity index (χ3n) is 3.26. The average molecular weight is 202 g/mol. The fourth-order valence-electron chi connectivity index (χ4n) is 1.58. The molecule has 0 aliphatic rings. The van der Waals surface area contributed by atoms with Crippen LogP contribution >= 0.6 is 0 Å². The third-order valence-corrected chi connectivity index (χ3v) is 3.26. The molecule has 0 aromatic carbocycles. The van der Waals surface area contributed by atoms with Crippen LogP contribution in [0.4, 0.5) is 0 Å². The van der Waals surface area contributed by atoms with Gasteiger partial charge in [-0.25, -0.2) is 0 Å². The van der Waals surface area contributed by atoms with Gasteiger partial charge >= 0.3 is 0 Å². The van der Waals surface area contributed by atoms with Gasteiger partial charge in [0, 0.05) is 18.6 Å². The van der Waals surface area contributed by atoms with Crippen molar-refractivity contribution in [1.82, 2.24) is 0 Å². The molecular weight excluding hydrogens is 176 g/mol. The standard InChI is InChI=1S/C12H26O2/c1-7-12(6,10(4)5)11(13-8-2)14-9-3/h10-11H,7-9H2,1-6H3. The SMILES string of the molecule is CCOC(OCC)C(C)(CC)C(C)C. The molecule has 2 nitrogen and oxygen atoms in total. The molecule has 0 aromatic heterocycles. The highest BCUT2D eigenvalue weighted by Gasteiger charge is 2.36. The second-order valence-electron chi connectivity index (χ2n) is 4.26. The number of hydrogen-bond donors (Lipinski definition) is 0. The van der Waals surface area contributed by atoms with E-state index in [0.717, 1.165) is 6.42 Å². The molecule has 0 N–H and O–H groups in total. The zero-order valence-electron chi connectivity index (χ0n) is 10.6. The minimum atomic E-state index is -0.0671. The summed E-state index contributed by atoms with van der Waals surface area (Å²) in [5, 5.41) is 0. The Kier molecular flexibility index (Phi) is 6.38. The van der Waals surface area contributed by atoms with Crippen molar-refractivity contribution in [2.75, 3.05) is 13.2 Å². The van der Waals surface area contributed by atoms with Crippen LogP contribution in [0.1, 0.15) is 48.0 Å². The molecule has 0 fully saturated rings. The van der Waals surface area contributed by atoms with Crippen LogP contribution in [0.25, 0.3) is 0 Å². The molecule has 2 heteroatoms. The summed E-state index contributed by atoms with van der Waals surface area (Å²) in [6.07, 6.45) is 1.01. The normalized spacial score (nSPS) is 16.3. The van der Waals surface area contributed by atoms with Gasteiger partial charge in [0.15, 0.2) is 6.29 Å². The van der Waals surface area contributed by atoms with Crippen molar-refractivity contribution in [1.29, 1.82) is 0 Å².